The molecule has 3 heterocycles. The minimum atomic E-state index is 0.465. The molecule has 0 aliphatic carbocycles. The van der Waals surface area contributed by atoms with Crippen LogP contribution in [0.5, 0.6) is 0 Å². The second-order valence-electron chi connectivity index (χ2n) is 5.87. The number of rotatable bonds is 2. The first-order valence-electron chi connectivity index (χ1n) is 7.31. The van der Waals surface area contributed by atoms with E-state index in [0.717, 1.165) is 13.1 Å². The van der Waals surface area contributed by atoms with Gasteiger partial charge in [0.15, 0.2) is 0 Å². The molecule has 0 aromatic carbocycles. The summed E-state index contributed by atoms with van der Waals surface area (Å²) in [4.78, 5) is 9.83. The van der Waals surface area contributed by atoms with Crippen molar-refractivity contribution in [2.75, 3.05) is 40.3 Å². The first-order valence-corrected chi connectivity index (χ1v) is 8.19. The first-order chi connectivity index (χ1) is 9.24. The van der Waals surface area contributed by atoms with Crippen molar-refractivity contribution in [3.05, 3.63) is 16.1 Å². The van der Waals surface area contributed by atoms with E-state index in [1.165, 1.54) is 43.1 Å². The van der Waals surface area contributed by atoms with E-state index in [1.54, 1.807) is 0 Å². The second kappa shape index (κ2) is 5.87. The molecule has 0 saturated carbocycles. The minimum Gasteiger partial charge on any atom is -0.309 e. The van der Waals surface area contributed by atoms with Crippen molar-refractivity contribution in [3.8, 4) is 0 Å². The lowest BCUT2D eigenvalue weighted by molar-refractivity contribution is 0.228. The zero-order chi connectivity index (χ0) is 13.2. The number of hydrogen-bond donors (Lipinski definition) is 1. The molecule has 0 radical (unpaired) electrons. The third-order valence-corrected chi connectivity index (χ3v) is 5.27. The van der Waals surface area contributed by atoms with E-state index in [4.69, 9.17) is 4.98 Å². The fraction of sp³-hybridized carbons (Fsp3) is 0.786. The monoisotopic (exact) mass is 280 g/mol. The van der Waals surface area contributed by atoms with Crippen LogP contribution in [0.15, 0.2) is 5.38 Å². The summed E-state index contributed by atoms with van der Waals surface area (Å²) >= 11 is 1.84. The average molecular weight is 280 g/mol. The van der Waals surface area contributed by atoms with E-state index >= 15 is 0 Å². The summed E-state index contributed by atoms with van der Waals surface area (Å²) in [5, 5.41) is 7.09. The molecule has 5 heteroatoms. The van der Waals surface area contributed by atoms with Crippen LogP contribution in [0.3, 0.4) is 0 Å². The quantitative estimate of drug-likeness (QED) is 0.896. The molecule has 4 nitrogen and oxygen atoms in total. The molecule has 0 bridgehead atoms. The zero-order valence-electron chi connectivity index (χ0n) is 11.9. The van der Waals surface area contributed by atoms with E-state index in [1.807, 2.05) is 11.3 Å². The van der Waals surface area contributed by atoms with Gasteiger partial charge in [-0.25, -0.2) is 4.98 Å². The van der Waals surface area contributed by atoms with Gasteiger partial charge < -0.3 is 10.2 Å². The Balaban J connectivity index is 1.76. The summed E-state index contributed by atoms with van der Waals surface area (Å²) in [7, 11) is 4.46. The molecule has 19 heavy (non-hydrogen) atoms. The summed E-state index contributed by atoms with van der Waals surface area (Å²) in [6.45, 7) is 4.61. The van der Waals surface area contributed by atoms with Crippen molar-refractivity contribution < 1.29 is 0 Å². The molecule has 0 spiro atoms. The normalized spacial score (nSPS) is 30.6. The Hall–Kier alpha value is -0.490. The van der Waals surface area contributed by atoms with E-state index in [2.05, 4.69) is 34.6 Å². The van der Waals surface area contributed by atoms with Gasteiger partial charge in [-0.3, -0.25) is 4.90 Å². The molecule has 1 unspecified atom stereocenters. The fourth-order valence-corrected chi connectivity index (χ4v) is 4.12. The molecule has 2 aliphatic rings. The third-order valence-electron chi connectivity index (χ3n) is 4.31. The van der Waals surface area contributed by atoms with Crippen LogP contribution >= 0.6 is 11.3 Å². The SMILES string of the molecule is CN1CCCN(C)C(c2nc([C@@H]3CCCN3)cs2)C1. The molecule has 0 amide bonds. The predicted octanol–water partition coefficient (Wildman–Crippen LogP) is 1.88. The van der Waals surface area contributed by atoms with Crippen LogP contribution < -0.4 is 5.32 Å². The van der Waals surface area contributed by atoms with Gasteiger partial charge in [0.25, 0.3) is 0 Å². The summed E-state index contributed by atoms with van der Waals surface area (Å²) < 4.78 is 0. The molecule has 2 saturated heterocycles. The summed E-state index contributed by atoms with van der Waals surface area (Å²) in [6, 6.07) is 0.964. The third kappa shape index (κ3) is 2.99. The Bertz CT molecular complexity index is 413. The highest BCUT2D eigenvalue weighted by Crippen LogP contribution is 2.30. The maximum Gasteiger partial charge on any atom is 0.111 e. The molecule has 1 N–H and O–H groups in total. The standard InChI is InChI=1S/C14H24N4S/c1-17-7-4-8-18(2)13(9-17)14-16-12(10-19-14)11-5-3-6-15-11/h10-11,13,15H,3-9H2,1-2H3/t11-,13?/m0/s1. The Labute approximate surface area is 119 Å². The smallest absolute Gasteiger partial charge is 0.111 e. The van der Waals surface area contributed by atoms with Gasteiger partial charge in [0.1, 0.15) is 5.01 Å². The van der Waals surface area contributed by atoms with Crippen LogP contribution in [0.25, 0.3) is 0 Å². The molecule has 2 atom stereocenters. The van der Waals surface area contributed by atoms with Crippen molar-refractivity contribution in [2.24, 2.45) is 0 Å². The Morgan fingerprint density at radius 1 is 1.32 bits per heavy atom. The molecule has 106 valence electrons. The van der Waals surface area contributed by atoms with E-state index in [9.17, 15) is 0 Å². The zero-order valence-corrected chi connectivity index (χ0v) is 12.7. The first kappa shape index (κ1) is 13.5. The Kier molecular flexibility index (Phi) is 4.17. The van der Waals surface area contributed by atoms with Gasteiger partial charge in [0.2, 0.25) is 0 Å². The Morgan fingerprint density at radius 3 is 3.00 bits per heavy atom. The number of nitrogens with zero attached hydrogens (tertiary/aromatic N) is 3. The lowest BCUT2D eigenvalue weighted by atomic mass is 10.2. The van der Waals surface area contributed by atoms with Gasteiger partial charge in [0, 0.05) is 11.9 Å². The van der Waals surface area contributed by atoms with Gasteiger partial charge in [-0.1, -0.05) is 0 Å². The van der Waals surface area contributed by atoms with Crippen molar-refractivity contribution in [2.45, 2.75) is 31.3 Å². The minimum absolute atomic E-state index is 0.465. The largest absolute Gasteiger partial charge is 0.309 e. The van der Waals surface area contributed by atoms with Crippen LogP contribution in [0.1, 0.15) is 42.0 Å². The highest BCUT2D eigenvalue weighted by Gasteiger charge is 2.26. The number of likely N-dealkylation sites (N-methyl/N-ethyl adjacent to an activating group) is 2. The molecule has 1 aromatic heterocycles. The van der Waals surface area contributed by atoms with Crippen LogP contribution in [0.4, 0.5) is 0 Å². The fourth-order valence-electron chi connectivity index (χ4n) is 3.09. The number of nitrogens with one attached hydrogen (secondary N) is 1. The Morgan fingerprint density at radius 2 is 2.21 bits per heavy atom. The van der Waals surface area contributed by atoms with Crippen molar-refractivity contribution in [1.82, 2.24) is 20.1 Å². The molecule has 2 aliphatic heterocycles. The van der Waals surface area contributed by atoms with Gasteiger partial charge >= 0.3 is 0 Å². The van der Waals surface area contributed by atoms with Crippen molar-refractivity contribution in [3.63, 3.8) is 0 Å². The van der Waals surface area contributed by atoms with Gasteiger partial charge in [0.05, 0.1) is 17.8 Å². The van der Waals surface area contributed by atoms with Crippen LogP contribution in [-0.4, -0.2) is 55.1 Å². The second-order valence-corrected chi connectivity index (χ2v) is 6.76. The topological polar surface area (TPSA) is 31.4 Å². The van der Waals surface area contributed by atoms with Crippen molar-refractivity contribution >= 4 is 11.3 Å². The highest BCUT2D eigenvalue weighted by atomic mass is 32.1. The molecular formula is C14H24N4S. The lowest BCUT2D eigenvalue weighted by Crippen LogP contribution is -2.30. The maximum absolute atomic E-state index is 4.93. The number of hydrogen-bond acceptors (Lipinski definition) is 5. The van der Waals surface area contributed by atoms with Gasteiger partial charge in [-0.2, -0.15) is 0 Å². The van der Waals surface area contributed by atoms with Crippen LogP contribution in [0, 0.1) is 0 Å². The van der Waals surface area contributed by atoms with Gasteiger partial charge in [-0.05, 0) is 53.0 Å². The molecular weight excluding hydrogens is 256 g/mol. The summed E-state index contributed by atoms with van der Waals surface area (Å²) in [5.41, 5.74) is 1.26. The van der Waals surface area contributed by atoms with Gasteiger partial charge in [-0.15, -0.1) is 11.3 Å². The van der Waals surface area contributed by atoms with Crippen LogP contribution in [0.2, 0.25) is 0 Å². The predicted molar refractivity (Wildman–Crippen MR) is 79.6 cm³/mol. The number of aromatic nitrogens is 1. The number of thiazole rings is 1. The molecule has 3 rings (SSSR count). The van der Waals surface area contributed by atoms with Crippen molar-refractivity contribution in [1.29, 1.82) is 0 Å². The van der Waals surface area contributed by atoms with E-state index in [-0.39, 0.29) is 0 Å². The summed E-state index contributed by atoms with van der Waals surface area (Å²) in [6.07, 6.45) is 3.78. The average Bonchev–Trinajstić information content (AvgIpc) is 3.03. The highest BCUT2D eigenvalue weighted by molar-refractivity contribution is 7.09. The van der Waals surface area contributed by atoms with E-state index < -0.39 is 0 Å². The maximum atomic E-state index is 4.93. The van der Waals surface area contributed by atoms with E-state index in [0.29, 0.717) is 12.1 Å². The lowest BCUT2D eigenvalue weighted by Gasteiger charge is -2.25. The summed E-state index contributed by atoms with van der Waals surface area (Å²) in [5.74, 6) is 0. The van der Waals surface area contributed by atoms with Crippen LogP contribution in [-0.2, 0) is 0 Å². The molecule has 1 aromatic rings. The molecule has 2 fully saturated rings.